The molecule has 1 saturated carbocycles. The van der Waals surface area contributed by atoms with E-state index in [0.717, 1.165) is 24.5 Å². The van der Waals surface area contributed by atoms with Crippen molar-refractivity contribution in [2.24, 2.45) is 5.92 Å². The third-order valence-electron chi connectivity index (χ3n) is 3.75. The van der Waals surface area contributed by atoms with E-state index >= 15 is 0 Å². The van der Waals surface area contributed by atoms with Gasteiger partial charge in [0.15, 0.2) is 5.76 Å². The summed E-state index contributed by atoms with van der Waals surface area (Å²) in [6.45, 7) is 4.54. The molecule has 1 fully saturated rings. The van der Waals surface area contributed by atoms with Crippen molar-refractivity contribution in [1.82, 2.24) is 10.2 Å². The second-order valence-corrected chi connectivity index (χ2v) is 5.62. The van der Waals surface area contributed by atoms with Gasteiger partial charge >= 0.3 is 0 Å². The largest absolute Gasteiger partial charge is 0.456 e. The SMILES string of the molecule is Cc1ccc(-c2nnc(CO[C@@H]3CCC[C@H](C)C3)o2)o1. The van der Waals surface area contributed by atoms with E-state index in [4.69, 9.17) is 13.6 Å². The van der Waals surface area contributed by atoms with Crippen LogP contribution in [0.15, 0.2) is 21.0 Å². The highest BCUT2D eigenvalue weighted by atomic mass is 16.5. The summed E-state index contributed by atoms with van der Waals surface area (Å²) >= 11 is 0. The molecule has 3 rings (SSSR count). The third-order valence-corrected chi connectivity index (χ3v) is 3.75. The van der Waals surface area contributed by atoms with Gasteiger partial charge in [0, 0.05) is 0 Å². The Labute approximate surface area is 118 Å². The number of rotatable bonds is 4. The number of nitrogens with zero attached hydrogens (tertiary/aromatic N) is 2. The molecule has 0 unspecified atom stereocenters. The summed E-state index contributed by atoms with van der Waals surface area (Å²) in [6, 6.07) is 3.70. The fourth-order valence-corrected chi connectivity index (χ4v) is 2.68. The van der Waals surface area contributed by atoms with E-state index in [1.807, 2.05) is 19.1 Å². The van der Waals surface area contributed by atoms with Gasteiger partial charge in [-0.3, -0.25) is 0 Å². The molecule has 2 atom stereocenters. The van der Waals surface area contributed by atoms with Gasteiger partial charge in [0.1, 0.15) is 12.4 Å². The lowest BCUT2D eigenvalue weighted by atomic mass is 9.89. The third kappa shape index (κ3) is 3.10. The van der Waals surface area contributed by atoms with Crippen LogP contribution in [-0.2, 0) is 11.3 Å². The monoisotopic (exact) mass is 276 g/mol. The standard InChI is InChI=1S/C15H20N2O3/c1-10-4-3-5-12(8-10)18-9-14-16-17-15(20-14)13-7-6-11(2)19-13/h6-7,10,12H,3-5,8-9H2,1-2H3/t10-,12+/m0/s1. The molecule has 0 saturated heterocycles. The Morgan fingerprint density at radius 3 is 2.90 bits per heavy atom. The highest BCUT2D eigenvalue weighted by molar-refractivity contribution is 5.43. The second-order valence-electron chi connectivity index (χ2n) is 5.62. The van der Waals surface area contributed by atoms with E-state index < -0.39 is 0 Å². The van der Waals surface area contributed by atoms with Gasteiger partial charge in [0.25, 0.3) is 5.89 Å². The van der Waals surface area contributed by atoms with Crippen molar-refractivity contribution in [3.63, 3.8) is 0 Å². The van der Waals surface area contributed by atoms with Gasteiger partial charge in [-0.05, 0) is 37.8 Å². The molecule has 20 heavy (non-hydrogen) atoms. The normalized spacial score (nSPS) is 23.1. The quantitative estimate of drug-likeness (QED) is 0.851. The Morgan fingerprint density at radius 1 is 1.25 bits per heavy atom. The summed E-state index contributed by atoms with van der Waals surface area (Å²) < 4.78 is 16.9. The molecule has 2 aromatic heterocycles. The van der Waals surface area contributed by atoms with Crippen molar-refractivity contribution >= 4 is 0 Å². The van der Waals surface area contributed by atoms with Gasteiger partial charge in [0.05, 0.1) is 6.10 Å². The zero-order valence-electron chi connectivity index (χ0n) is 12.0. The average molecular weight is 276 g/mol. The highest BCUT2D eigenvalue weighted by Crippen LogP contribution is 2.26. The predicted molar refractivity (Wildman–Crippen MR) is 72.9 cm³/mol. The summed E-state index contributed by atoms with van der Waals surface area (Å²) in [5.41, 5.74) is 0. The van der Waals surface area contributed by atoms with E-state index in [1.54, 1.807) is 0 Å². The molecule has 0 radical (unpaired) electrons. The highest BCUT2D eigenvalue weighted by Gasteiger charge is 2.20. The van der Waals surface area contributed by atoms with Gasteiger partial charge in [-0.2, -0.15) is 0 Å². The smallest absolute Gasteiger partial charge is 0.283 e. The summed E-state index contributed by atoms with van der Waals surface area (Å²) in [5, 5.41) is 7.99. The van der Waals surface area contributed by atoms with Crippen LogP contribution in [0.3, 0.4) is 0 Å². The molecule has 0 aromatic carbocycles. The molecule has 0 amide bonds. The first-order valence-corrected chi connectivity index (χ1v) is 7.21. The maximum atomic E-state index is 5.87. The van der Waals surface area contributed by atoms with Crippen LogP contribution in [0.4, 0.5) is 0 Å². The number of aromatic nitrogens is 2. The lowest BCUT2D eigenvalue weighted by molar-refractivity contribution is -0.00447. The number of hydrogen-bond donors (Lipinski definition) is 0. The number of ether oxygens (including phenoxy) is 1. The summed E-state index contributed by atoms with van der Waals surface area (Å²) in [4.78, 5) is 0. The minimum absolute atomic E-state index is 0.319. The van der Waals surface area contributed by atoms with E-state index in [2.05, 4.69) is 17.1 Å². The first-order chi connectivity index (χ1) is 9.70. The van der Waals surface area contributed by atoms with Crippen LogP contribution < -0.4 is 0 Å². The van der Waals surface area contributed by atoms with E-state index in [-0.39, 0.29) is 0 Å². The fourth-order valence-electron chi connectivity index (χ4n) is 2.68. The lowest BCUT2D eigenvalue weighted by Gasteiger charge is -2.26. The molecule has 1 aliphatic rings. The van der Waals surface area contributed by atoms with Crippen LogP contribution in [0, 0.1) is 12.8 Å². The lowest BCUT2D eigenvalue weighted by Crippen LogP contribution is -2.21. The Hall–Kier alpha value is -1.62. The molecule has 0 N–H and O–H groups in total. The molecule has 108 valence electrons. The molecule has 2 heterocycles. The minimum Gasteiger partial charge on any atom is -0.456 e. The van der Waals surface area contributed by atoms with Gasteiger partial charge in [0.2, 0.25) is 5.89 Å². The maximum Gasteiger partial charge on any atom is 0.283 e. The Balaban J connectivity index is 1.57. The Bertz CT molecular complexity index is 561. The average Bonchev–Trinajstić information content (AvgIpc) is 3.05. The molecule has 5 heteroatoms. The van der Waals surface area contributed by atoms with Gasteiger partial charge in [-0.25, -0.2) is 0 Å². The van der Waals surface area contributed by atoms with Crippen molar-refractivity contribution in [3.8, 4) is 11.7 Å². The zero-order valence-corrected chi connectivity index (χ0v) is 12.0. The van der Waals surface area contributed by atoms with Gasteiger partial charge in [-0.1, -0.05) is 19.8 Å². The first kappa shape index (κ1) is 13.4. The van der Waals surface area contributed by atoms with Crippen molar-refractivity contribution in [2.75, 3.05) is 0 Å². The molecular weight excluding hydrogens is 256 g/mol. The predicted octanol–water partition coefficient (Wildman–Crippen LogP) is 3.73. The van der Waals surface area contributed by atoms with Gasteiger partial charge < -0.3 is 13.6 Å². The van der Waals surface area contributed by atoms with Crippen LogP contribution >= 0.6 is 0 Å². The number of hydrogen-bond acceptors (Lipinski definition) is 5. The van der Waals surface area contributed by atoms with Gasteiger partial charge in [-0.15, -0.1) is 10.2 Å². The Morgan fingerprint density at radius 2 is 2.15 bits per heavy atom. The molecular formula is C15H20N2O3. The zero-order chi connectivity index (χ0) is 13.9. The molecule has 0 bridgehead atoms. The van der Waals surface area contributed by atoms with Crippen LogP contribution in [-0.4, -0.2) is 16.3 Å². The summed E-state index contributed by atoms with van der Waals surface area (Å²) in [7, 11) is 0. The second kappa shape index (κ2) is 5.79. The van der Waals surface area contributed by atoms with Crippen molar-refractivity contribution < 1.29 is 13.6 Å². The first-order valence-electron chi connectivity index (χ1n) is 7.21. The van der Waals surface area contributed by atoms with Crippen LogP contribution in [0.2, 0.25) is 0 Å². The summed E-state index contributed by atoms with van der Waals surface area (Å²) in [5.74, 6) is 3.10. The van der Waals surface area contributed by atoms with E-state index in [9.17, 15) is 0 Å². The number of furan rings is 1. The van der Waals surface area contributed by atoms with Crippen molar-refractivity contribution in [2.45, 2.75) is 52.2 Å². The Kier molecular flexibility index (Phi) is 3.87. The van der Waals surface area contributed by atoms with Crippen LogP contribution in [0.25, 0.3) is 11.7 Å². The minimum atomic E-state index is 0.319. The topological polar surface area (TPSA) is 61.3 Å². The summed E-state index contributed by atoms with van der Waals surface area (Å²) in [6.07, 6.45) is 5.12. The van der Waals surface area contributed by atoms with Crippen molar-refractivity contribution in [3.05, 3.63) is 23.8 Å². The van der Waals surface area contributed by atoms with E-state index in [1.165, 1.54) is 12.8 Å². The molecule has 1 aliphatic carbocycles. The molecule has 0 spiro atoms. The van der Waals surface area contributed by atoms with Crippen molar-refractivity contribution in [1.29, 1.82) is 0 Å². The molecule has 0 aliphatic heterocycles. The van der Waals surface area contributed by atoms with E-state index in [0.29, 0.717) is 30.3 Å². The molecule has 2 aromatic rings. The van der Waals surface area contributed by atoms with Crippen LogP contribution in [0.1, 0.15) is 44.3 Å². The van der Waals surface area contributed by atoms with Crippen LogP contribution in [0.5, 0.6) is 0 Å². The maximum absolute atomic E-state index is 5.87. The fraction of sp³-hybridized carbons (Fsp3) is 0.600. The number of aryl methyl sites for hydroxylation is 1. The molecule has 5 nitrogen and oxygen atoms in total.